The fourth-order valence-electron chi connectivity index (χ4n) is 1.12. The highest BCUT2D eigenvalue weighted by atomic mass is 16.5. The van der Waals surface area contributed by atoms with E-state index in [0.717, 1.165) is 13.0 Å². The van der Waals surface area contributed by atoms with Gasteiger partial charge < -0.3 is 4.74 Å². The Bertz CT molecular complexity index is 241. The van der Waals surface area contributed by atoms with Gasteiger partial charge in [-0.1, -0.05) is 0 Å². The second kappa shape index (κ2) is 4.04. The van der Waals surface area contributed by atoms with Gasteiger partial charge in [0.1, 0.15) is 0 Å². The molecule has 0 unspecified atom stereocenters. The molecule has 0 saturated heterocycles. The summed E-state index contributed by atoms with van der Waals surface area (Å²) in [6, 6.07) is 0. The van der Waals surface area contributed by atoms with E-state index in [1.54, 1.807) is 0 Å². The van der Waals surface area contributed by atoms with Gasteiger partial charge in [0, 0.05) is 12.6 Å². The Hall–Kier alpha value is -1.12. The van der Waals surface area contributed by atoms with Crippen molar-refractivity contribution in [2.24, 2.45) is 4.99 Å². The minimum atomic E-state index is -0.157. The predicted molar refractivity (Wildman–Crippen MR) is 47.3 cm³/mol. The zero-order valence-corrected chi connectivity index (χ0v) is 7.46. The monoisotopic (exact) mass is 167 g/mol. The molecule has 0 aromatic heterocycles. The van der Waals surface area contributed by atoms with E-state index in [0.29, 0.717) is 6.42 Å². The number of hydrogen-bond donors (Lipinski definition) is 0. The van der Waals surface area contributed by atoms with Crippen LogP contribution >= 0.6 is 0 Å². The second-order valence-electron chi connectivity index (χ2n) is 2.85. The van der Waals surface area contributed by atoms with Crippen LogP contribution in [0.2, 0.25) is 0 Å². The number of methoxy groups -OCH3 is 1. The third-order valence-corrected chi connectivity index (χ3v) is 1.95. The number of allylic oxidation sites excluding steroid dienone is 1. The normalized spacial score (nSPS) is 15.5. The minimum Gasteiger partial charge on any atom is -0.469 e. The molecule has 66 valence electrons. The van der Waals surface area contributed by atoms with E-state index in [-0.39, 0.29) is 5.97 Å². The van der Waals surface area contributed by atoms with Crippen molar-refractivity contribution in [3.63, 3.8) is 0 Å². The summed E-state index contributed by atoms with van der Waals surface area (Å²) in [7, 11) is 1.41. The lowest BCUT2D eigenvalue weighted by atomic mass is 10.1. The molecule has 1 heterocycles. The molecule has 0 aromatic rings. The number of aliphatic imine (C=N–C) groups is 1. The van der Waals surface area contributed by atoms with Gasteiger partial charge in [-0.05, 0) is 24.5 Å². The lowest BCUT2D eigenvalue weighted by Crippen LogP contribution is -2.00. The van der Waals surface area contributed by atoms with Crippen LogP contribution in [0.3, 0.4) is 0 Å². The summed E-state index contributed by atoms with van der Waals surface area (Å²) in [4.78, 5) is 14.9. The maximum atomic E-state index is 10.8. The molecule has 1 aliphatic heterocycles. The van der Waals surface area contributed by atoms with Crippen LogP contribution in [0.25, 0.3) is 0 Å². The fraction of sp³-hybridized carbons (Fsp3) is 0.556. The van der Waals surface area contributed by atoms with Crippen LogP contribution in [0.15, 0.2) is 16.1 Å². The van der Waals surface area contributed by atoms with E-state index in [2.05, 4.69) is 9.73 Å². The van der Waals surface area contributed by atoms with Crippen molar-refractivity contribution in [1.82, 2.24) is 0 Å². The summed E-state index contributed by atoms with van der Waals surface area (Å²) >= 11 is 0. The first kappa shape index (κ1) is 8.97. The standard InChI is InChI=1S/C9H13NO2/c1-7-5-10-6-8(7)3-4-9(11)12-2/h6H,3-5H2,1-2H3. The molecule has 0 spiro atoms. The lowest BCUT2D eigenvalue weighted by Gasteiger charge is -1.99. The summed E-state index contributed by atoms with van der Waals surface area (Å²) in [6.07, 6.45) is 3.05. The SMILES string of the molecule is COC(=O)CCC1=C(C)CN=C1. The Labute approximate surface area is 72.1 Å². The van der Waals surface area contributed by atoms with E-state index in [1.165, 1.54) is 18.3 Å². The number of esters is 1. The summed E-state index contributed by atoms with van der Waals surface area (Å²) in [5.41, 5.74) is 2.44. The third-order valence-electron chi connectivity index (χ3n) is 1.95. The molecule has 3 nitrogen and oxygen atoms in total. The number of carbonyl (C=O) groups is 1. The predicted octanol–water partition coefficient (Wildman–Crippen LogP) is 1.34. The van der Waals surface area contributed by atoms with Gasteiger partial charge in [0.15, 0.2) is 0 Å². The lowest BCUT2D eigenvalue weighted by molar-refractivity contribution is -0.140. The van der Waals surface area contributed by atoms with E-state index < -0.39 is 0 Å². The highest BCUT2D eigenvalue weighted by Crippen LogP contribution is 2.14. The molecule has 0 N–H and O–H groups in total. The van der Waals surface area contributed by atoms with Crippen molar-refractivity contribution in [1.29, 1.82) is 0 Å². The molecule has 1 rings (SSSR count). The topological polar surface area (TPSA) is 38.7 Å². The molecule has 0 atom stereocenters. The van der Waals surface area contributed by atoms with Crippen LogP contribution < -0.4 is 0 Å². The van der Waals surface area contributed by atoms with Crippen LogP contribution in [0.5, 0.6) is 0 Å². The quantitative estimate of drug-likeness (QED) is 0.595. The van der Waals surface area contributed by atoms with Crippen LogP contribution in [-0.2, 0) is 9.53 Å². The molecule has 0 bridgehead atoms. The Balaban J connectivity index is 2.37. The van der Waals surface area contributed by atoms with Crippen molar-refractivity contribution < 1.29 is 9.53 Å². The summed E-state index contributed by atoms with van der Waals surface area (Å²) in [5, 5.41) is 0. The van der Waals surface area contributed by atoms with Gasteiger partial charge in [-0.15, -0.1) is 0 Å². The molecule has 0 amide bonds. The van der Waals surface area contributed by atoms with Gasteiger partial charge in [0.25, 0.3) is 0 Å². The number of nitrogens with zero attached hydrogens (tertiary/aromatic N) is 1. The average molecular weight is 167 g/mol. The molecule has 0 radical (unpaired) electrons. The number of ether oxygens (including phenoxy) is 1. The maximum absolute atomic E-state index is 10.8. The van der Waals surface area contributed by atoms with Crippen LogP contribution in [0, 0.1) is 0 Å². The van der Waals surface area contributed by atoms with Gasteiger partial charge in [-0.3, -0.25) is 9.79 Å². The molecule has 0 aliphatic carbocycles. The molecular weight excluding hydrogens is 154 g/mol. The van der Waals surface area contributed by atoms with E-state index in [9.17, 15) is 4.79 Å². The van der Waals surface area contributed by atoms with Crippen molar-refractivity contribution >= 4 is 12.2 Å². The molecule has 3 heteroatoms. The van der Waals surface area contributed by atoms with Crippen LogP contribution in [0.1, 0.15) is 19.8 Å². The molecule has 1 aliphatic rings. The van der Waals surface area contributed by atoms with Gasteiger partial charge in [0.05, 0.1) is 13.7 Å². The van der Waals surface area contributed by atoms with Gasteiger partial charge in [-0.2, -0.15) is 0 Å². The second-order valence-corrected chi connectivity index (χ2v) is 2.85. The van der Waals surface area contributed by atoms with E-state index >= 15 is 0 Å². The number of hydrogen-bond acceptors (Lipinski definition) is 3. The van der Waals surface area contributed by atoms with Crippen molar-refractivity contribution in [3.8, 4) is 0 Å². The average Bonchev–Trinajstić information content (AvgIpc) is 2.47. The van der Waals surface area contributed by atoms with Crippen molar-refractivity contribution in [2.45, 2.75) is 19.8 Å². The summed E-state index contributed by atoms with van der Waals surface area (Å²) in [6.45, 7) is 2.83. The molecule has 12 heavy (non-hydrogen) atoms. The number of carbonyl (C=O) groups excluding carboxylic acids is 1. The molecular formula is C9H13NO2. The Morgan fingerprint density at radius 1 is 1.75 bits per heavy atom. The Morgan fingerprint density at radius 2 is 2.50 bits per heavy atom. The van der Waals surface area contributed by atoms with E-state index in [1.807, 2.05) is 13.1 Å². The maximum Gasteiger partial charge on any atom is 0.305 e. The van der Waals surface area contributed by atoms with Crippen molar-refractivity contribution in [2.75, 3.05) is 13.7 Å². The zero-order chi connectivity index (χ0) is 8.97. The fourth-order valence-corrected chi connectivity index (χ4v) is 1.12. The highest BCUT2D eigenvalue weighted by molar-refractivity contribution is 5.83. The molecule has 0 saturated carbocycles. The highest BCUT2D eigenvalue weighted by Gasteiger charge is 2.08. The summed E-state index contributed by atoms with van der Waals surface area (Å²) in [5.74, 6) is -0.157. The Kier molecular flexibility index (Phi) is 3.02. The van der Waals surface area contributed by atoms with Crippen molar-refractivity contribution in [3.05, 3.63) is 11.1 Å². The third kappa shape index (κ3) is 2.19. The first-order valence-corrected chi connectivity index (χ1v) is 3.99. The van der Waals surface area contributed by atoms with E-state index in [4.69, 9.17) is 0 Å². The van der Waals surface area contributed by atoms with Gasteiger partial charge in [0.2, 0.25) is 0 Å². The van der Waals surface area contributed by atoms with Gasteiger partial charge >= 0.3 is 5.97 Å². The first-order chi connectivity index (χ1) is 5.74. The number of rotatable bonds is 3. The molecule has 0 fully saturated rings. The first-order valence-electron chi connectivity index (χ1n) is 3.99. The Morgan fingerprint density at radius 3 is 3.00 bits per heavy atom. The smallest absolute Gasteiger partial charge is 0.305 e. The largest absolute Gasteiger partial charge is 0.469 e. The minimum absolute atomic E-state index is 0.157. The molecule has 0 aromatic carbocycles. The van der Waals surface area contributed by atoms with Crippen LogP contribution in [0.4, 0.5) is 0 Å². The van der Waals surface area contributed by atoms with Crippen LogP contribution in [-0.4, -0.2) is 25.8 Å². The zero-order valence-electron chi connectivity index (χ0n) is 7.46. The summed E-state index contributed by atoms with van der Waals surface area (Å²) < 4.78 is 4.54. The van der Waals surface area contributed by atoms with Gasteiger partial charge in [-0.25, -0.2) is 0 Å².